The van der Waals surface area contributed by atoms with Crippen molar-refractivity contribution in [1.29, 1.82) is 0 Å². The summed E-state index contributed by atoms with van der Waals surface area (Å²) in [6, 6.07) is 0. The Balaban J connectivity index is 2.71. The van der Waals surface area contributed by atoms with Crippen molar-refractivity contribution < 1.29 is 19.7 Å². The first-order valence-electron chi connectivity index (χ1n) is 5.35. The molecule has 0 spiro atoms. The Morgan fingerprint density at radius 3 is 2.89 bits per heavy atom. The summed E-state index contributed by atoms with van der Waals surface area (Å²) >= 11 is 0. The van der Waals surface area contributed by atoms with Crippen molar-refractivity contribution in [3.05, 3.63) is 17.5 Å². The first kappa shape index (κ1) is 12.3. The zero-order valence-electron chi connectivity index (χ0n) is 10.0. The van der Waals surface area contributed by atoms with Crippen LogP contribution in [0.5, 0.6) is 5.75 Å². The van der Waals surface area contributed by atoms with E-state index >= 15 is 0 Å². The molecule has 0 unspecified atom stereocenters. The molecule has 0 aliphatic carbocycles. The van der Waals surface area contributed by atoms with E-state index in [0.29, 0.717) is 16.7 Å². The van der Waals surface area contributed by atoms with E-state index < -0.39 is 5.97 Å². The molecule has 96 valence electrons. The quantitative estimate of drug-likeness (QED) is 0.813. The van der Waals surface area contributed by atoms with Gasteiger partial charge in [0.1, 0.15) is 17.9 Å². The number of carboxylic acids is 1. The zero-order chi connectivity index (χ0) is 13.3. The Bertz CT molecular complexity index is 606. The van der Waals surface area contributed by atoms with E-state index in [1.807, 2.05) is 0 Å². The topological polar surface area (TPSA) is 97.5 Å². The van der Waals surface area contributed by atoms with Crippen molar-refractivity contribution in [3.63, 3.8) is 0 Å². The van der Waals surface area contributed by atoms with E-state index in [-0.39, 0.29) is 24.5 Å². The summed E-state index contributed by atoms with van der Waals surface area (Å²) < 4.78 is 6.89. The fourth-order valence-electron chi connectivity index (χ4n) is 1.83. The molecule has 7 heteroatoms. The number of ether oxygens (including phenoxy) is 1. The van der Waals surface area contributed by atoms with Crippen LogP contribution in [0.15, 0.2) is 6.20 Å². The van der Waals surface area contributed by atoms with E-state index in [1.165, 1.54) is 6.20 Å². The molecule has 0 aliphatic heterocycles. The predicted molar refractivity (Wildman–Crippen MR) is 62.8 cm³/mol. The lowest BCUT2D eigenvalue weighted by Crippen LogP contribution is -2.08. The van der Waals surface area contributed by atoms with Crippen LogP contribution in [-0.4, -0.2) is 44.2 Å². The summed E-state index contributed by atoms with van der Waals surface area (Å²) in [7, 11) is 1.72. The first-order chi connectivity index (χ1) is 8.56. The number of pyridine rings is 1. The third kappa shape index (κ3) is 1.88. The molecule has 0 aliphatic rings. The maximum Gasteiger partial charge on any atom is 0.341 e. The standard InChI is InChI=1S/C11H13N3O4/c1-6-8-9(18-4-3-15)7(11(16)17)5-12-10(8)14(2)13-6/h5,15H,3-4H2,1-2H3,(H,16,17). The van der Waals surface area contributed by atoms with Gasteiger partial charge in [0.05, 0.1) is 17.7 Å². The highest BCUT2D eigenvalue weighted by Gasteiger charge is 2.20. The molecule has 0 saturated heterocycles. The van der Waals surface area contributed by atoms with E-state index in [0.717, 1.165) is 0 Å². The lowest BCUT2D eigenvalue weighted by Gasteiger charge is -2.09. The molecule has 2 aromatic rings. The van der Waals surface area contributed by atoms with Crippen LogP contribution in [0, 0.1) is 6.92 Å². The van der Waals surface area contributed by atoms with Crippen molar-refractivity contribution >= 4 is 17.0 Å². The minimum atomic E-state index is -1.12. The molecule has 0 radical (unpaired) electrons. The fourth-order valence-corrected chi connectivity index (χ4v) is 1.83. The molecule has 0 bridgehead atoms. The van der Waals surface area contributed by atoms with E-state index in [2.05, 4.69) is 10.1 Å². The average molecular weight is 251 g/mol. The van der Waals surface area contributed by atoms with Crippen LogP contribution in [0.3, 0.4) is 0 Å². The summed E-state index contributed by atoms with van der Waals surface area (Å²) in [6.07, 6.45) is 1.23. The zero-order valence-corrected chi connectivity index (χ0v) is 10.0. The molecule has 0 amide bonds. The molecule has 2 rings (SSSR count). The van der Waals surface area contributed by atoms with Crippen LogP contribution in [0.1, 0.15) is 16.1 Å². The van der Waals surface area contributed by atoms with E-state index in [1.54, 1.807) is 18.7 Å². The second-order valence-corrected chi connectivity index (χ2v) is 3.79. The van der Waals surface area contributed by atoms with Crippen LogP contribution < -0.4 is 4.74 Å². The van der Waals surface area contributed by atoms with Crippen LogP contribution >= 0.6 is 0 Å². The third-order valence-electron chi connectivity index (χ3n) is 2.55. The van der Waals surface area contributed by atoms with E-state index in [4.69, 9.17) is 14.9 Å². The molecule has 0 aromatic carbocycles. The Morgan fingerprint density at radius 2 is 2.28 bits per heavy atom. The maximum absolute atomic E-state index is 11.1. The Labute approximate surface area is 103 Å². The van der Waals surface area contributed by atoms with Gasteiger partial charge in [-0.2, -0.15) is 5.10 Å². The van der Waals surface area contributed by atoms with Crippen LogP contribution in [0.25, 0.3) is 11.0 Å². The second-order valence-electron chi connectivity index (χ2n) is 3.79. The highest BCUT2D eigenvalue weighted by molar-refractivity contribution is 5.98. The molecule has 2 heterocycles. The van der Waals surface area contributed by atoms with Crippen molar-refractivity contribution in [2.75, 3.05) is 13.2 Å². The fraction of sp³-hybridized carbons (Fsp3) is 0.364. The van der Waals surface area contributed by atoms with Gasteiger partial charge >= 0.3 is 5.97 Å². The Morgan fingerprint density at radius 1 is 1.56 bits per heavy atom. The number of hydrogen-bond donors (Lipinski definition) is 2. The second kappa shape index (κ2) is 4.61. The lowest BCUT2D eigenvalue weighted by molar-refractivity contribution is 0.0690. The molecular formula is C11H13N3O4. The van der Waals surface area contributed by atoms with Gasteiger partial charge in [0.15, 0.2) is 5.65 Å². The summed E-state index contributed by atoms with van der Waals surface area (Å²) in [5.74, 6) is -0.923. The number of aliphatic hydroxyl groups excluding tert-OH is 1. The van der Waals surface area contributed by atoms with Gasteiger partial charge in [-0.15, -0.1) is 0 Å². The highest BCUT2D eigenvalue weighted by atomic mass is 16.5. The molecule has 18 heavy (non-hydrogen) atoms. The SMILES string of the molecule is Cc1nn(C)c2ncc(C(=O)O)c(OCCO)c12. The monoisotopic (exact) mass is 251 g/mol. The molecule has 0 fully saturated rings. The van der Waals surface area contributed by atoms with Gasteiger partial charge < -0.3 is 14.9 Å². The number of nitrogens with zero attached hydrogens (tertiary/aromatic N) is 3. The summed E-state index contributed by atoms with van der Waals surface area (Å²) in [5.41, 5.74) is 1.15. The highest BCUT2D eigenvalue weighted by Crippen LogP contribution is 2.30. The summed E-state index contributed by atoms with van der Waals surface area (Å²) in [6.45, 7) is 1.58. The van der Waals surface area contributed by atoms with Gasteiger partial charge in [0, 0.05) is 13.2 Å². The number of hydrogen-bond acceptors (Lipinski definition) is 5. The number of aromatic nitrogens is 3. The minimum Gasteiger partial charge on any atom is -0.489 e. The third-order valence-corrected chi connectivity index (χ3v) is 2.55. The summed E-state index contributed by atoms with van der Waals surface area (Å²) in [4.78, 5) is 15.2. The molecule has 2 aromatic heterocycles. The summed E-state index contributed by atoms with van der Waals surface area (Å²) in [5, 5.41) is 22.6. The van der Waals surface area contributed by atoms with Gasteiger partial charge in [-0.05, 0) is 6.92 Å². The van der Waals surface area contributed by atoms with Crippen LogP contribution in [-0.2, 0) is 7.05 Å². The predicted octanol–water partition coefficient (Wildman–Crippen LogP) is 0.346. The van der Waals surface area contributed by atoms with Gasteiger partial charge in [-0.25, -0.2) is 9.78 Å². The van der Waals surface area contributed by atoms with Crippen LogP contribution in [0.2, 0.25) is 0 Å². The van der Waals surface area contributed by atoms with Crippen molar-refractivity contribution in [3.8, 4) is 5.75 Å². The van der Waals surface area contributed by atoms with Crippen molar-refractivity contribution in [2.45, 2.75) is 6.92 Å². The number of carbonyl (C=O) groups is 1. The molecule has 7 nitrogen and oxygen atoms in total. The first-order valence-corrected chi connectivity index (χ1v) is 5.35. The van der Waals surface area contributed by atoms with Crippen LogP contribution in [0.4, 0.5) is 0 Å². The van der Waals surface area contributed by atoms with Crippen molar-refractivity contribution in [2.24, 2.45) is 7.05 Å². The largest absolute Gasteiger partial charge is 0.489 e. The van der Waals surface area contributed by atoms with Gasteiger partial charge in [0.2, 0.25) is 0 Å². The van der Waals surface area contributed by atoms with Gasteiger partial charge in [0.25, 0.3) is 0 Å². The minimum absolute atomic E-state index is 0.0216. The molecule has 0 atom stereocenters. The maximum atomic E-state index is 11.1. The Kier molecular flexibility index (Phi) is 3.15. The number of aryl methyl sites for hydroxylation is 2. The number of carboxylic acid groups (broad SMARTS) is 1. The average Bonchev–Trinajstić information content (AvgIpc) is 2.62. The smallest absolute Gasteiger partial charge is 0.341 e. The Hall–Kier alpha value is -2.15. The normalized spacial score (nSPS) is 10.8. The van der Waals surface area contributed by atoms with E-state index in [9.17, 15) is 4.79 Å². The molecular weight excluding hydrogens is 238 g/mol. The van der Waals surface area contributed by atoms with Gasteiger partial charge in [-0.3, -0.25) is 4.68 Å². The number of aliphatic hydroxyl groups is 1. The number of fused-ring (bicyclic) bond motifs is 1. The van der Waals surface area contributed by atoms with Gasteiger partial charge in [-0.1, -0.05) is 0 Å². The lowest BCUT2D eigenvalue weighted by atomic mass is 10.2. The molecule has 0 saturated carbocycles. The number of aromatic carboxylic acids is 1. The molecule has 2 N–H and O–H groups in total. The van der Waals surface area contributed by atoms with Crippen molar-refractivity contribution in [1.82, 2.24) is 14.8 Å². The number of rotatable bonds is 4.